The summed E-state index contributed by atoms with van der Waals surface area (Å²) < 4.78 is 6.02. The van der Waals surface area contributed by atoms with Crippen LogP contribution in [0.15, 0.2) is 59.1 Å². The number of rotatable bonds is 4. The van der Waals surface area contributed by atoms with Gasteiger partial charge in [-0.1, -0.05) is 42.0 Å². The van der Waals surface area contributed by atoms with Crippen LogP contribution in [0.3, 0.4) is 0 Å². The van der Waals surface area contributed by atoms with Crippen LogP contribution >= 0.6 is 12.4 Å². The molecule has 0 saturated carbocycles. The molecule has 1 fully saturated rings. The first-order chi connectivity index (χ1) is 14.0. The average molecular weight is 426 g/mol. The summed E-state index contributed by atoms with van der Waals surface area (Å²) >= 11 is 0. The first-order valence-electron chi connectivity index (χ1n) is 10.2. The molecule has 158 valence electrons. The number of piperidine rings is 1. The molecular weight excluding hydrogens is 398 g/mol. The molecular formula is C24H28ClN3O2. The molecule has 2 heterocycles. The van der Waals surface area contributed by atoms with Gasteiger partial charge in [-0.25, -0.2) is 4.98 Å². The molecule has 4 rings (SSSR count). The third-order valence-electron chi connectivity index (χ3n) is 5.80. The van der Waals surface area contributed by atoms with Crippen molar-refractivity contribution in [2.24, 2.45) is 11.7 Å². The number of benzene rings is 2. The van der Waals surface area contributed by atoms with Crippen molar-refractivity contribution in [1.29, 1.82) is 0 Å². The molecule has 3 aromatic rings. The van der Waals surface area contributed by atoms with E-state index >= 15 is 0 Å². The van der Waals surface area contributed by atoms with E-state index < -0.39 is 0 Å². The summed E-state index contributed by atoms with van der Waals surface area (Å²) in [6, 6.07) is 15.8. The number of amides is 1. The number of nitrogens with two attached hydrogens (primary N) is 1. The van der Waals surface area contributed by atoms with Gasteiger partial charge in [-0.2, -0.15) is 0 Å². The van der Waals surface area contributed by atoms with Crippen LogP contribution in [0.4, 0.5) is 0 Å². The van der Waals surface area contributed by atoms with Gasteiger partial charge in [0.2, 0.25) is 5.89 Å². The van der Waals surface area contributed by atoms with E-state index in [4.69, 9.17) is 10.2 Å². The maximum absolute atomic E-state index is 13.2. The summed E-state index contributed by atoms with van der Waals surface area (Å²) in [7, 11) is 0. The topological polar surface area (TPSA) is 72.4 Å². The van der Waals surface area contributed by atoms with E-state index in [9.17, 15) is 4.79 Å². The molecule has 0 aliphatic carbocycles. The van der Waals surface area contributed by atoms with Crippen molar-refractivity contribution in [3.8, 4) is 22.8 Å². The lowest BCUT2D eigenvalue weighted by molar-refractivity contribution is 0.0681. The van der Waals surface area contributed by atoms with Crippen molar-refractivity contribution in [2.45, 2.75) is 32.7 Å². The van der Waals surface area contributed by atoms with Crippen LogP contribution in [0, 0.1) is 12.8 Å². The molecule has 2 N–H and O–H groups in total. The first kappa shape index (κ1) is 22.1. The second-order valence-electron chi connectivity index (χ2n) is 7.93. The molecule has 0 spiro atoms. The Bertz CT molecular complexity index is 990. The van der Waals surface area contributed by atoms with Crippen molar-refractivity contribution in [3.63, 3.8) is 0 Å². The first-order valence-corrected chi connectivity index (χ1v) is 10.2. The van der Waals surface area contributed by atoms with E-state index in [-0.39, 0.29) is 24.4 Å². The SMILES string of the molecule is Cc1ccc(-c2cnc(-c3ccccc3C(=O)N3CCC(C(C)N)CC3)o2)cc1.Cl. The van der Waals surface area contributed by atoms with Crippen LogP contribution in [-0.4, -0.2) is 34.9 Å². The number of carbonyl (C=O) groups excluding carboxylic acids is 1. The van der Waals surface area contributed by atoms with Gasteiger partial charge >= 0.3 is 0 Å². The van der Waals surface area contributed by atoms with E-state index in [1.807, 2.05) is 60.4 Å². The minimum Gasteiger partial charge on any atom is -0.436 e. The van der Waals surface area contributed by atoms with Gasteiger partial charge in [0.1, 0.15) is 0 Å². The van der Waals surface area contributed by atoms with Crippen molar-refractivity contribution < 1.29 is 9.21 Å². The number of likely N-dealkylation sites (tertiary alicyclic amines) is 1. The highest BCUT2D eigenvalue weighted by Gasteiger charge is 2.27. The Kier molecular flexibility index (Phi) is 6.95. The highest BCUT2D eigenvalue weighted by Crippen LogP contribution is 2.30. The third-order valence-corrected chi connectivity index (χ3v) is 5.80. The van der Waals surface area contributed by atoms with E-state index in [0.717, 1.165) is 37.1 Å². The molecule has 1 atom stereocenters. The van der Waals surface area contributed by atoms with Crippen LogP contribution in [0.2, 0.25) is 0 Å². The Labute approximate surface area is 183 Å². The Morgan fingerprint density at radius 3 is 2.47 bits per heavy atom. The fraction of sp³-hybridized carbons (Fsp3) is 0.333. The molecule has 1 aromatic heterocycles. The van der Waals surface area contributed by atoms with Crippen LogP contribution in [-0.2, 0) is 0 Å². The summed E-state index contributed by atoms with van der Waals surface area (Å²) in [4.78, 5) is 19.6. The molecule has 1 saturated heterocycles. The summed E-state index contributed by atoms with van der Waals surface area (Å²) in [5.74, 6) is 1.67. The number of hydrogen-bond acceptors (Lipinski definition) is 4. The third kappa shape index (κ3) is 4.58. The standard InChI is InChI=1S/C24H27N3O2.ClH/c1-16-7-9-19(10-8-16)22-15-26-23(29-22)20-5-3-4-6-21(20)24(28)27-13-11-18(12-14-27)17(2)25;/h3-10,15,17-18H,11-14,25H2,1-2H3;1H. The lowest BCUT2D eigenvalue weighted by atomic mass is 9.90. The zero-order valence-corrected chi connectivity index (χ0v) is 18.2. The van der Waals surface area contributed by atoms with Gasteiger partial charge in [0.25, 0.3) is 5.91 Å². The lowest BCUT2D eigenvalue weighted by Crippen LogP contribution is -2.42. The zero-order chi connectivity index (χ0) is 20.4. The molecule has 5 nitrogen and oxygen atoms in total. The Morgan fingerprint density at radius 2 is 1.80 bits per heavy atom. The average Bonchev–Trinajstić information content (AvgIpc) is 3.24. The predicted octanol–water partition coefficient (Wildman–Crippen LogP) is 4.94. The molecule has 1 aliphatic rings. The highest BCUT2D eigenvalue weighted by molar-refractivity contribution is 6.00. The maximum atomic E-state index is 13.2. The Balaban J connectivity index is 0.00000256. The fourth-order valence-electron chi connectivity index (χ4n) is 3.90. The fourth-order valence-corrected chi connectivity index (χ4v) is 3.90. The summed E-state index contributed by atoms with van der Waals surface area (Å²) in [5, 5.41) is 0. The Morgan fingerprint density at radius 1 is 1.13 bits per heavy atom. The van der Waals surface area contributed by atoms with Crippen LogP contribution in [0.1, 0.15) is 35.7 Å². The summed E-state index contributed by atoms with van der Waals surface area (Å²) in [5.41, 5.74) is 9.55. The molecule has 1 aliphatic heterocycles. The predicted molar refractivity (Wildman–Crippen MR) is 122 cm³/mol. The normalized spacial score (nSPS) is 15.5. The van der Waals surface area contributed by atoms with E-state index in [1.54, 1.807) is 6.20 Å². The minimum atomic E-state index is 0. The molecule has 1 amide bonds. The van der Waals surface area contributed by atoms with Crippen molar-refractivity contribution in [1.82, 2.24) is 9.88 Å². The minimum absolute atomic E-state index is 0. The zero-order valence-electron chi connectivity index (χ0n) is 17.4. The molecule has 0 bridgehead atoms. The van der Waals surface area contributed by atoms with Crippen molar-refractivity contribution in [2.75, 3.05) is 13.1 Å². The number of aryl methyl sites for hydroxylation is 1. The number of oxazole rings is 1. The number of carbonyl (C=O) groups is 1. The van der Waals surface area contributed by atoms with Gasteiger partial charge in [-0.3, -0.25) is 4.79 Å². The highest BCUT2D eigenvalue weighted by atomic mass is 35.5. The molecule has 0 radical (unpaired) electrons. The van der Waals surface area contributed by atoms with Crippen LogP contribution < -0.4 is 5.73 Å². The quantitative estimate of drug-likeness (QED) is 0.642. The number of aromatic nitrogens is 1. The molecule has 6 heteroatoms. The number of halogens is 1. The largest absolute Gasteiger partial charge is 0.436 e. The number of hydrogen-bond donors (Lipinski definition) is 1. The summed E-state index contributed by atoms with van der Waals surface area (Å²) in [6.07, 6.45) is 3.61. The smallest absolute Gasteiger partial charge is 0.254 e. The summed E-state index contributed by atoms with van der Waals surface area (Å²) in [6.45, 7) is 5.57. The molecule has 2 aromatic carbocycles. The van der Waals surface area contributed by atoms with E-state index in [2.05, 4.69) is 11.9 Å². The van der Waals surface area contributed by atoms with Gasteiger partial charge in [0.15, 0.2) is 5.76 Å². The van der Waals surface area contributed by atoms with Crippen LogP contribution in [0.25, 0.3) is 22.8 Å². The van der Waals surface area contributed by atoms with Crippen molar-refractivity contribution >= 4 is 18.3 Å². The number of nitrogens with zero attached hydrogens (tertiary/aromatic N) is 2. The van der Waals surface area contributed by atoms with Crippen LogP contribution in [0.5, 0.6) is 0 Å². The van der Waals surface area contributed by atoms with Gasteiger partial charge in [-0.15, -0.1) is 12.4 Å². The van der Waals surface area contributed by atoms with Gasteiger partial charge < -0.3 is 15.1 Å². The lowest BCUT2D eigenvalue weighted by Gasteiger charge is -2.34. The molecule has 1 unspecified atom stereocenters. The monoisotopic (exact) mass is 425 g/mol. The van der Waals surface area contributed by atoms with Gasteiger partial charge in [0.05, 0.1) is 11.8 Å². The Hall–Kier alpha value is -2.63. The van der Waals surface area contributed by atoms with Gasteiger partial charge in [-0.05, 0) is 44.7 Å². The van der Waals surface area contributed by atoms with E-state index in [1.165, 1.54) is 5.56 Å². The van der Waals surface area contributed by atoms with E-state index in [0.29, 0.717) is 23.1 Å². The van der Waals surface area contributed by atoms with Gasteiger partial charge in [0, 0.05) is 30.3 Å². The maximum Gasteiger partial charge on any atom is 0.254 e. The molecule has 30 heavy (non-hydrogen) atoms. The van der Waals surface area contributed by atoms with Crippen molar-refractivity contribution in [3.05, 3.63) is 65.9 Å². The second kappa shape index (κ2) is 9.45. The second-order valence-corrected chi connectivity index (χ2v) is 7.93.